The summed E-state index contributed by atoms with van der Waals surface area (Å²) in [6.45, 7) is 7.97. The van der Waals surface area contributed by atoms with Crippen LogP contribution in [0.4, 0.5) is 5.69 Å². The van der Waals surface area contributed by atoms with E-state index in [4.69, 9.17) is 23.7 Å². The van der Waals surface area contributed by atoms with Crippen LogP contribution < -0.4 is 4.90 Å². The van der Waals surface area contributed by atoms with Crippen LogP contribution in [0.15, 0.2) is 35.5 Å². The van der Waals surface area contributed by atoms with Crippen LogP contribution in [0.2, 0.25) is 0 Å². The first-order valence-corrected chi connectivity index (χ1v) is 9.32. The van der Waals surface area contributed by atoms with Gasteiger partial charge in [-0.15, -0.1) is 0 Å². The Kier molecular flexibility index (Phi) is 5.71. The zero-order valence-corrected chi connectivity index (χ0v) is 17.6. The third-order valence-electron chi connectivity index (χ3n) is 5.54. The molecule has 0 unspecified atom stereocenters. The Morgan fingerprint density at radius 2 is 1.66 bits per heavy atom. The van der Waals surface area contributed by atoms with E-state index in [1.165, 1.54) is 14.2 Å². The minimum atomic E-state index is -0.644. The van der Waals surface area contributed by atoms with E-state index in [0.29, 0.717) is 5.69 Å². The fourth-order valence-corrected chi connectivity index (χ4v) is 3.17. The quantitative estimate of drug-likeness (QED) is 0.707. The summed E-state index contributed by atoms with van der Waals surface area (Å²) in [7, 11) is 2.51. The van der Waals surface area contributed by atoms with Gasteiger partial charge in [-0.3, -0.25) is 0 Å². The molecule has 0 amide bonds. The second-order valence-corrected chi connectivity index (χ2v) is 7.90. The first kappa shape index (κ1) is 21.3. The van der Waals surface area contributed by atoms with Crippen molar-refractivity contribution in [1.82, 2.24) is 0 Å². The summed E-state index contributed by atoms with van der Waals surface area (Å²) in [5, 5.41) is 0. The van der Waals surface area contributed by atoms with Crippen molar-refractivity contribution in [3.63, 3.8) is 0 Å². The summed E-state index contributed by atoms with van der Waals surface area (Å²) >= 11 is 0. The summed E-state index contributed by atoms with van der Waals surface area (Å²) in [4.78, 5) is 26.2. The van der Waals surface area contributed by atoms with Gasteiger partial charge in [0.2, 0.25) is 0 Å². The van der Waals surface area contributed by atoms with Gasteiger partial charge in [0.1, 0.15) is 12.4 Å². The first-order chi connectivity index (χ1) is 13.6. The smallest absolute Gasteiger partial charge is 0.355 e. The number of carbonyl (C=O) groups is 2. The van der Waals surface area contributed by atoms with Gasteiger partial charge in [-0.25, -0.2) is 9.59 Å². The average molecular weight is 405 g/mol. The molecule has 0 radical (unpaired) electrons. The van der Waals surface area contributed by atoms with E-state index in [0.717, 1.165) is 5.56 Å². The molecule has 1 fully saturated rings. The zero-order chi connectivity index (χ0) is 21.4. The highest BCUT2D eigenvalue weighted by molar-refractivity contribution is 6.03. The molecule has 1 aromatic rings. The van der Waals surface area contributed by atoms with Crippen molar-refractivity contribution in [2.45, 2.75) is 45.2 Å². The van der Waals surface area contributed by atoms with Gasteiger partial charge < -0.3 is 28.6 Å². The lowest BCUT2D eigenvalue weighted by Gasteiger charge is -2.31. The van der Waals surface area contributed by atoms with Crippen molar-refractivity contribution in [3.8, 4) is 0 Å². The highest BCUT2D eigenvalue weighted by Gasteiger charge is 2.49. The third kappa shape index (κ3) is 3.88. The molecule has 0 aliphatic carbocycles. The van der Waals surface area contributed by atoms with E-state index < -0.39 is 29.4 Å². The maximum Gasteiger partial charge on any atom is 0.355 e. The second kappa shape index (κ2) is 7.78. The van der Waals surface area contributed by atoms with Crippen LogP contribution in [0.25, 0.3) is 0 Å². The maximum atomic E-state index is 12.5. The zero-order valence-electron chi connectivity index (χ0n) is 17.6. The maximum absolute atomic E-state index is 12.5. The van der Waals surface area contributed by atoms with Gasteiger partial charge in [0, 0.05) is 11.3 Å². The molecule has 2 heterocycles. The van der Waals surface area contributed by atoms with Crippen LogP contribution in [0.5, 0.6) is 0 Å². The van der Waals surface area contributed by atoms with E-state index in [2.05, 4.69) is 0 Å². The number of methoxy groups -OCH3 is 2. The highest BCUT2D eigenvalue weighted by atomic mass is 16.7. The van der Waals surface area contributed by atoms with Crippen LogP contribution in [0, 0.1) is 0 Å². The summed E-state index contributed by atoms with van der Waals surface area (Å²) in [5.41, 5.74) is 0.672. The van der Waals surface area contributed by atoms with Crippen molar-refractivity contribution in [1.29, 1.82) is 0 Å². The first-order valence-electron chi connectivity index (χ1n) is 9.32. The Balaban J connectivity index is 1.99. The minimum Gasteiger partial charge on any atom is -0.466 e. The Morgan fingerprint density at radius 1 is 1.03 bits per heavy atom. The molecule has 1 aromatic carbocycles. The molecular weight excluding hydrogens is 378 g/mol. The van der Waals surface area contributed by atoms with Crippen LogP contribution in [-0.2, 0) is 33.3 Å². The molecule has 8 nitrogen and oxygen atoms in total. The number of ether oxygens (including phenoxy) is 5. The van der Waals surface area contributed by atoms with Crippen molar-refractivity contribution in [2.75, 3.05) is 32.5 Å². The summed E-state index contributed by atoms with van der Waals surface area (Å²) < 4.78 is 27.5. The van der Waals surface area contributed by atoms with Crippen molar-refractivity contribution < 1.29 is 33.3 Å². The number of benzene rings is 1. The van der Waals surface area contributed by atoms with Crippen molar-refractivity contribution >= 4 is 17.6 Å². The highest BCUT2D eigenvalue weighted by Crippen LogP contribution is 2.45. The van der Waals surface area contributed by atoms with Gasteiger partial charge in [0.25, 0.3) is 0 Å². The molecule has 0 atom stereocenters. The lowest BCUT2D eigenvalue weighted by molar-refractivity contribution is -0.140. The molecule has 0 saturated carbocycles. The molecule has 0 spiro atoms. The number of hydrogen-bond donors (Lipinski definition) is 0. The molecule has 0 bridgehead atoms. The molecule has 8 heteroatoms. The monoisotopic (exact) mass is 405 g/mol. The molecule has 1 saturated heterocycles. The number of anilines is 1. The van der Waals surface area contributed by atoms with Crippen LogP contribution in [0.3, 0.4) is 0 Å². The predicted octanol–water partition coefficient (Wildman–Crippen LogP) is 2.68. The number of carbonyl (C=O) groups excluding carboxylic acids is 2. The summed E-state index contributed by atoms with van der Waals surface area (Å²) in [6, 6.07) is 7.37. The number of rotatable bonds is 4. The largest absolute Gasteiger partial charge is 0.466 e. The fraction of sp³-hybridized carbons (Fsp3) is 0.524. The molecule has 3 rings (SSSR count). The van der Waals surface area contributed by atoms with Crippen LogP contribution in [-0.4, -0.2) is 50.7 Å². The molecule has 0 aromatic heterocycles. The average Bonchev–Trinajstić information content (AvgIpc) is 2.93. The summed E-state index contributed by atoms with van der Waals surface area (Å²) in [6.07, 6.45) is -0.559. The SMILES string of the molecule is COC(=O)C1=C(C(=O)OC)N(c2cccc(C3OC(C)(C)C(C)(C)O3)c2)COC1. The van der Waals surface area contributed by atoms with Crippen LogP contribution >= 0.6 is 0 Å². The molecular formula is C21H27NO7. The van der Waals surface area contributed by atoms with E-state index >= 15 is 0 Å². The number of esters is 2. The number of nitrogens with zero attached hydrogens (tertiary/aromatic N) is 1. The Morgan fingerprint density at radius 3 is 2.24 bits per heavy atom. The lowest BCUT2D eigenvalue weighted by atomic mass is 9.90. The Bertz CT molecular complexity index is 827. The van der Waals surface area contributed by atoms with E-state index in [1.807, 2.05) is 45.9 Å². The van der Waals surface area contributed by atoms with E-state index in [9.17, 15) is 9.59 Å². The van der Waals surface area contributed by atoms with Crippen molar-refractivity contribution in [3.05, 3.63) is 41.1 Å². The molecule has 2 aliphatic heterocycles. The summed E-state index contributed by atoms with van der Waals surface area (Å²) in [5.74, 6) is -1.29. The molecule has 2 aliphatic rings. The van der Waals surface area contributed by atoms with Gasteiger partial charge in [0.15, 0.2) is 6.29 Å². The normalized spacial score (nSPS) is 21.2. The van der Waals surface area contributed by atoms with Crippen molar-refractivity contribution in [2.24, 2.45) is 0 Å². The Labute approximate surface area is 170 Å². The van der Waals surface area contributed by atoms with Crippen LogP contribution in [0.1, 0.15) is 39.5 Å². The molecule has 29 heavy (non-hydrogen) atoms. The second-order valence-electron chi connectivity index (χ2n) is 7.90. The van der Waals surface area contributed by atoms with Gasteiger partial charge in [0.05, 0.1) is 37.6 Å². The van der Waals surface area contributed by atoms with E-state index in [-0.39, 0.29) is 24.6 Å². The third-order valence-corrected chi connectivity index (χ3v) is 5.54. The van der Waals surface area contributed by atoms with E-state index in [1.54, 1.807) is 11.0 Å². The topological polar surface area (TPSA) is 83.5 Å². The van der Waals surface area contributed by atoms with Gasteiger partial charge in [-0.05, 0) is 39.8 Å². The number of hydrogen-bond acceptors (Lipinski definition) is 8. The standard InChI is InChI=1S/C21H27NO7/c1-20(2)21(3,4)29-19(28-20)13-8-7-9-14(10-13)22-12-27-11-15(17(23)25-5)16(22)18(24)26-6/h7-10,19H,11-12H2,1-6H3. The fourth-order valence-electron chi connectivity index (χ4n) is 3.17. The molecule has 158 valence electrons. The Hall–Kier alpha value is -2.42. The predicted molar refractivity (Wildman–Crippen MR) is 104 cm³/mol. The van der Waals surface area contributed by atoms with Gasteiger partial charge in [-0.2, -0.15) is 0 Å². The van der Waals surface area contributed by atoms with Gasteiger partial charge >= 0.3 is 11.9 Å². The minimum absolute atomic E-state index is 0.0372. The van der Waals surface area contributed by atoms with Gasteiger partial charge in [-0.1, -0.05) is 12.1 Å². The molecule has 0 N–H and O–H groups in total. The lowest BCUT2D eigenvalue weighted by Crippen LogP contribution is -2.41.